The largest absolute Gasteiger partial charge is 0.488 e. The van der Waals surface area contributed by atoms with Gasteiger partial charge >= 0.3 is 6.09 Å². The van der Waals surface area contributed by atoms with Gasteiger partial charge in [0.15, 0.2) is 11.6 Å². The minimum absolute atomic E-state index is 0.0501. The monoisotopic (exact) mass is 354 g/mol. The van der Waals surface area contributed by atoms with Crippen molar-refractivity contribution in [1.29, 1.82) is 0 Å². The molecule has 1 N–H and O–H groups in total. The van der Waals surface area contributed by atoms with E-state index in [9.17, 15) is 9.18 Å². The van der Waals surface area contributed by atoms with Crippen LogP contribution in [0.25, 0.3) is 0 Å². The first kappa shape index (κ1) is 19.5. The first-order chi connectivity index (χ1) is 11.8. The Balaban J connectivity index is 1.88. The summed E-state index contributed by atoms with van der Waals surface area (Å²) in [7, 11) is 0. The third-order valence-corrected chi connectivity index (χ3v) is 3.55. The van der Waals surface area contributed by atoms with Gasteiger partial charge in [0.25, 0.3) is 0 Å². The molecule has 1 aliphatic heterocycles. The smallest absolute Gasteiger partial charge is 0.409 e. The van der Waals surface area contributed by atoms with Gasteiger partial charge in [0.1, 0.15) is 19.3 Å². The van der Waals surface area contributed by atoms with Crippen molar-refractivity contribution in [2.24, 2.45) is 0 Å². The lowest BCUT2D eigenvalue weighted by molar-refractivity contribution is -0.0983. The van der Waals surface area contributed by atoms with E-state index < -0.39 is 17.5 Å². The van der Waals surface area contributed by atoms with Crippen LogP contribution in [0.1, 0.15) is 20.8 Å². The quantitative estimate of drug-likeness (QED) is 0.850. The number of para-hydroxylation sites is 1. The summed E-state index contributed by atoms with van der Waals surface area (Å²) in [5, 5.41) is 3.18. The van der Waals surface area contributed by atoms with E-state index in [1.165, 1.54) is 6.07 Å². The van der Waals surface area contributed by atoms with E-state index in [1.54, 1.807) is 23.1 Å². The molecule has 1 aromatic rings. The van der Waals surface area contributed by atoms with Crippen molar-refractivity contribution < 1.29 is 23.4 Å². The van der Waals surface area contributed by atoms with Gasteiger partial charge in [-0.2, -0.15) is 0 Å². The molecule has 6 nitrogen and oxygen atoms in total. The molecule has 1 saturated heterocycles. The van der Waals surface area contributed by atoms with Gasteiger partial charge in [-0.15, -0.1) is 0 Å². The van der Waals surface area contributed by atoms with Crippen molar-refractivity contribution in [3.05, 3.63) is 30.1 Å². The lowest BCUT2D eigenvalue weighted by Crippen LogP contribution is -2.47. The first-order valence-corrected chi connectivity index (χ1v) is 8.53. The molecule has 0 radical (unpaired) electrons. The van der Waals surface area contributed by atoms with Crippen molar-refractivity contribution >= 4 is 6.09 Å². The van der Waals surface area contributed by atoms with Gasteiger partial charge in [-0.25, -0.2) is 9.18 Å². The summed E-state index contributed by atoms with van der Waals surface area (Å²) in [5.74, 6) is -0.284. The van der Waals surface area contributed by atoms with E-state index in [2.05, 4.69) is 5.32 Å². The Hall–Kier alpha value is -1.86. The number of carbonyl (C=O) groups is 1. The zero-order valence-electron chi connectivity index (χ0n) is 15.1. The summed E-state index contributed by atoms with van der Waals surface area (Å²) in [6, 6.07) is 6.18. The normalized spacial score (nSPS) is 16.4. The fraction of sp³-hybridized carbons (Fsp3) is 0.611. The van der Waals surface area contributed by atoms with Gasteiger partial charge in [0, 0.05) is 26.2 Å². The van der Waals surface area contributed by atoms with Crippen LogP contribution in [-0.2, 0) is 9.47 Å². The van der Waals surface area contributed by atoms with Gasteiger partial charge in [-0.1, -0.05) is 12.1 Å². The van der Waals surface area contributed by atoms with E-state index in [0.29, 0.717) is 13.1 Å². The first-order valence-electron chi connectivity index (χ1n) is 8.53. The van der Waals surface area contributed by atoms with Crippen molar-refractivity contribution in [2.75, 3.05) is 39.4 Å². The second-order valence-corrected chi connectivity index (χ2v) is 6.91. The number of amides is 1. The topological polar surface area (TPSA) is 60.0 Å². The van der Waals surface area contributed by atoms with Crippen LogP contribution in [-0.4, -0.2) is 62.1 Å². The summed E-state index contributed by atoms with van der Waals surface area (Å²) < 4.78 is 30.4. The predicted octanol–water partition coefficient (Wildman–Crippen LogP) is 2.43. The van der Waals surface area contributed by atoms with Crippen molar-refractivity contribution in [1.82, 2.24) is 10.2 Å². The molecule has 0 saturated carbocycles. The fourth-order valence-corrected chi connectivity index (χ4v) is 2.46. The molecule has 1 atom stereocenters. The minimum Gasteiger partial charge on any atom is -0.488 e. The molecule has 0 aromatic heterocycles. The zero-order valence-corrected chi connectivity index (χ0v) is 15.1. The number of hydrogen-bond acceptors (Lipinski definition) is 5. The Morgan fingerprint density at radius 3 is 2.56 bits per heavy atom. The maximum atomic E-state index is 13.7. The summed E-state index contributed by atoms with van der Waals surface area (Å²) >= 11 is 0. The molecule has 1 unspecified atom stereocenters. The third-order valence-electron chi connectivity index (χ3n) is 3.55. The van der Waals surface area contributed by atoms with Gasteiger partial charge in [-0.05, 0) is 32.9 Å². The average Bonchev–Trinajstić information content (AvgIpc) is 2.58. The van der Waals surface area contributed by atoms with Crippen LogP contribution < -0.4 is 10.1 Å². The number of benzene rings is 1. The van der Waals surface area contributed by atoms with Gasteiger partial charge < -0.3 is 24.4 Å². The second-order valence-electron chi connectivity index (χ2n) is 6.91. The SMILES string of the molecule is CC(C)(C)OC(COC(=O)N1CCNCC1)COc1ccccc1F. The molecule has 1 aromatic carbocycles. The standard InChI is InChI=1S/C18H27FN2O4/c1-18(2,3)25-14(12-23-16-7-5-4-6-15(16)19)13-24-17(22)21-10-8-20-9-11-21/h4-7,14,20H,8-13H2,1-3H3. The summed E-state index contributed by atoms with van der Waals surface area (Å²) in [4.78, 5) is 13.8. The van der Waals surface area contributed by atoms with Crippen molar-refractivity contribution in [3.63, 3.8) is 0 Å². The maximum absolute atomic E-state index is 13.7. The number of halogens is 1. The molecular weight excluding hydrogens is 327 g/mol. The number of piperazine rings is 1. The molecule has 25 heavy (non-hydrogen) atoms. The molecule has 140 valence electrons. The molecule has 1 aliphatic rings. The minimum atomic E-state index is -0.494. The van der Waals surface area contributed by atoms with Crippen LogP contribution in [0, 0.1) is 5.82 Å². The van der Waals surface area contributed by atoms with Crippen LogP contribution in [0.15, 0.2) is 24.3 Å². The van der Waals surface area contributed by atoms with Crippen molar-refractivity contribution in [3.8, 4) is 5.75 Å². The molecule has 1 fully saturated rings. The van der Waals surface area contributed by atoms with E-state index in [0.717, 1.165) is 13.1 Å². The summed E-state index contributed by atoms with van der Waals surface area (Å²) in [6.45, 7) is 8.61. The highest BCUT2D eigenvalue weighted by Gasteiger charge is 2.24. The molecule has 0 aliphatic carbocycles. The molecule has 1 amide bonds. The van der Waals surface area contributed by atoms with Crippen LogP contribution in [0.5, 0.6) is 5.75 Å². The lowest BCUT2D eigenvalue weighted by Gasteiger charge is -2.30. The van der Waals surface area contributed by atoms with E-state index >= 15 is 0 Å². The Morgan fingerprint density at radius 2 is 1.92 bits per heavy atom. The highest BCUT2D eigenvalue weighted by Crippen LogP contribution is 2.18. The number of carbonyl (C=O) groups excluding carboxylic acids is 1. The molecular formula is C18H27FN2O4. The fourth-order valence-electron chi connectivity index (χ4n) is 2.46. The highest BCUT2D eigenvalue weighted by molar-refractivity contribution is 5.67. The Bertz CT molecular complexity index is 556. The summed E-state index contributed by atoms with van der Waals surface area (Å²) in [6.07, 6.45) is -0.860. The Kier molecular flexibility index (Phi) is 7.01. The molecule has 1 heterocycles. The number of ether oxygens (including phenoxy) is 3. The average molecular weight is 354 g/mol. The number of nitrogens with zero attached hydrogens (tertiary/aromatic N) is 1. The van der Waals surface area contributed by atoms with E-state index in [4.69, 9.17) is 14.2 Å². The van der Waals surface area contributed by atoms with Gasteiger partial charge in [-0.3, -0.25) is 0 Å². The number of nitrogens with one attached hydrogen (secondary N) is 1. The van der Waals surface area contributed by atoms with Crippen LogP contribution in [0.2, 0.25) is 0 Å². The van der Waals surface area contributed by atoms with Gasteiger partial charge in [0.05, 0.1) is 5.60 Å². The Labute approximate surface area is 148 Å². The van der Waals surface area contributed by atoms with E-state index in [-0.39, 0.29) is 25.1 Å². The number of rotatable bonds is 6. The highest BCUT2D eigenvalue weighted by atomic mass is 19.1. The molecule has 0 bridgehead atoms. The maximum Gasteiger partial charge on any atom is 0.409 e. The summed E-state index contributed by atoms with van der Waals surface area (Å²) in [5.41, 5.74) is -0.440. The van der Waals surface area contributed by atoms with Crippen molar-refractivity contribution in [2.45, 2.75) is 32.5 Å². The van der Waals surface area contributed by atoms with Crippen LogP contribution in [0.4, 0.5) is 9.18 Å². The van der Waals surface area contributed by atoms with Crippen LogP contribution in [0.3, 0.4) is 0 Å². The lowest BCUT2D eigenvalue weighted by atomic mass is 10.2. The van der Waals surface area contributed by atoms with E-state index in [1.807, 2.05) is 20.8 Å². The number of hydrogen-bond donors (Lipinski definition) is 1. The second kappa shape index (κ2) is 9.01. The predicted molar refractivity (Wildman–Crippen MR) is 92.3 cm³/mol. The zero-order chi connectivity index (χ0) is 18.3. The van der Waals surface area contributed by atoms with Crippen LogP contribution >= 0.6 is 0 Å². The third kappa shape index (κ3) is 6.88. The Morgan fingerprint density at radius 1 is 1.24 bits per heavy atom. The molecule has 2 rings (SSSR count). The molecule has 7 heteroatoms. The molecule has 0 spiro atoms. The van der Waals surface area contributed by atoms with Gasteiger partial charge in [0.2, 0.25) is 0 Å².